The molecule has 0 saturated heterocycles. The van der Waals surface area contributed by atoms with Crippen molar-refractivity contribution < 1.29 is 37.7 Å². The number of rotatable bonds is 3. The van der Waals surface area contributed by atoms with Crippen molar-refractivity contribution in [2.24, 2.45) is 0 Å². The molecule has 0 heterocycles. The lowest BCUT2D eigenvalue weighted by Gasteiger charge is -2.25. The highest BCUT2D eigenvalue weighted by molar-refractivity contribution is 5.99. The van der Waals surface area contributed by atoms with Crippen LogP contribution in [0, 0.1) is 0 Å². The molecule has 1 amide bonds. The Hall–Kier alpha value is -2.29. The minimum Gasteiger partial charge on any atom is -0.507 e. The van der Waals surface area contributed by atoms with E-state index in [2.05, 4.69) is 0 Å². The number of amides is 1. The SMILES string of the molecule is CC(C)(C)OC(=O)c1ccc(NC(=O)C(C)(O)C(F)(F)F)cc1O. The van der Waals surface area contributed by atoms with E-state index < -0.39 is 35.0 Å². The number of halogens is 3. The predicted octanol–water partition coefficient (Wildman–Crippen LogP) is 2.60. The number of hydrogen-bond acceptors (Lipinski definition) is 5. The summed E-state index contributed by atoms with van der Waals surface area (Å²) in [6.45, 7) is 5.17. The fourth-order valence-corrected chi connectivity index (χ4v) is 1.50. The molecule has 0 fully saturated rings. The van der Waals surface area contributed by atoms with Crippen LogP contribution < -0.4 is 5.32 Å². The molecule has 0 saturated carbocycles. The summed E-state index contributed by atoms with van der Waals surface area (Å²) in [7, 11) is 0. The molecule has 0 radical (unpaired) electrons. The zero-order valence-electron chi connectivity index (χ0n) is 13.5. The van der Waals surface area contributed by atoms with E-state index in [0.717, 1.165) is 18.2 Å². The molecule has 1 unspecified atom stereocenters. The maximum Gasteiger partial charge on any atom is 0.426 e. The molecule has 0 aliphatic heterocycles. The Morgan fingerprint density at radius 3 is 2.08 bits per heavy atom. The van der Waals surface area contributed by atoms with Crippen LogP contribution in [0.15, 0.2) is 18.2 Å². The van der Waals surface area contributed by atoms with Gasteiger partial charge in [0.05, 0.1) is 0 Å². The second-order valence-electron chi connectivity index (χ2n) is 6.26. The first-order valence-electron chi connectivity index (χ1n) is 6.82. The van der Waals surface area contributed by atoms with Crippen LogP contribution in [0.1, 0.15) is 38.1 Å². The number of alkyl halides is 3. The molecular weight excluding hydrogens is 331 g/mol. The maximum absolute atomic E-state index is 12.6. The van der Waals surface area contributed by atoms with Gasteiger partial charge >= 0.3 is 12.1 Å². The number of esters is 1. The van der Waals surface area contributed by atoms with E-state index in [9.17, 15) is 33.0 Å². The van der Waals surface area contributed by atoms with Crippen molar-refractivity contribution in [2.75, 3.05) is 5.32 Å². The Bertz CT molecular complexity index is 647. The summed E-state index contributed by atoms with van der Waals surface area (Å²) in [5.74, 6) is -3.15. The van der Waals surface area contributed by atoms with Crippen molar-refractivity contribution in [1.29, 1.82) is 0 Å². The quantitative estimate of drug-likeness (QED) is 0.729. The van der Waals surface area contributed by atoms with Crippen molar-refractivity contribution in [2.45, 2.75) is 45.1 Å². The third kappa shape index (κ3) is 4.60. The fraction of sp³-hybridized carbons (Fsp3) is 0.467. The molecule has 3 N–H and O–H groups in total. The van der Waals surface area contributed by atoms with Gasteiger partial charge in [-0.2, -0.15) is 13.2 Å². The molecule has 1 aromatic rings. The molecule has 1 aromatic carbocycles. The third-order valence-corrected chi connectivity index (χ3v) is 2.87. The van der Waals surface area contributed by atoms with Gasteiger partial charge in [0.2, 0.25) is 5.60 Å². The lowest BCUT2D eigenvalue weighted by Crippen LogP contribution is -2.52. The number of aromatic hydroxyl groups is 1. The number of aliphatic hydroxyl groups is 1. The smallest absolute Gasteiger partial charge is 0.426 e. The van der Waals surface area contributed by atoms with Crippen LogP contribution in [0.5, 0.6) is 5.75 Å². The van der Waals surface area contributed by atoms with Gasteiger partial charge in [0.25, 0.3) is 5.91 Å². The van der Waals surface area contributed by atoms with Crippen molar-refractivity contribution in [3.05, 3.63) is 23.8 Å². The first-order chi connectivity index (χ1) is 10.6. The molecule has 6 nitrogen and oxygen atoms in total. The Morgan fingerprint density at radius 2 is 1.67 bits per heavy atom. The molecule has 0 aliphatic rings. The number of nitrogens with one attached hydrogen (secondary N) is 1. The molecule has 0 spiro atoms. The first-order valence-corrected chi connectivity index (χ1v) is 6.82. The fourth-order valence-electron chi connectivity index (χ4n) is 1.50. The number of phenolic OH excluding ortho intramolecular Hbond substituents is 1. The zero-order valence-corrected chi connectivity index (χ0v) is 13.5. The van der Waals surface area contributed by atoms with Crippen molar-refractivity contribution in [3.8, 4) is 5.75 Å². The number of hydrogen-bond donors (Lipinski definition) is 3. The van der Waals surface area contributed by atoms with Crippen molar-refractivity contribution in [1.82, 2.24) is 0 Å². The second-order valence-corrected chi connectivity index (χ2v) is 6.26. The highest BCUT2D eigenvalue weighted by Crippen LogP contribution is 2.32. The van der Waals surface area contributed by atoms with Gasteiger partial charge in [0.15, 0.2) is 0 Å². The maximum atomic E-state index is 12.6. The van der Waals surface area contributed by atoms with Crippen LogP contribution >= 0.6 is 0 Å². The van der Waals surface area contributed by atoms with Crippen LogP contribution in [-0.2, 0) is 9.53 Å². The van der Waals surface area contributed by atoms with Crippen LogP contribution in [0.2, 0.25) is 0 Å². The number of benzene rings is 1. The average Bonchev–Trinajstić information content (AvgIpc) is 2.34. The van der Waals surface area contributed by atoms with Gasteiger partial charge in [-0.15, -0.1) is 0 Å². The van der Waals surface area contributed by atoms with E-state index in [4.69, 9.17) is 4.74 Å². The number of phenols is 1. The molecule has 0 aromatic heterocycles. The van der Waals surface area contributed by atoms with Crippen LogP contribution in [0.4, 0.5) is 18.9 Å². The molecule has 134 valence electrons. The summed E-state index contributed by atoms with van der Waals surface area (Å²) in [4.78, 5) is 23.4. The summed E-state index contributed by atoms with van der Waals surface area (Å²) >= 11 is 0. The van der Waals surface area contributed by atoms with Crippen LogP contribution in [0.25, 0.3) is 0 Å². The predicted molar refractivity (Wildman–Crippen MR) is 78.6 cm³/mol. The zero-order chi connectivity index (χ0) is 18.9. The molecule has 24 heavy (non-hydrogen) atoms. The van der Waals surface area contributed by atoms with Gasteiger partial charge in [0.1, 0.15) is 16.9 Å². The third-order valence-electron chi connectivity index (χ3n) is 2.87. The van der Waals surface area contributed by atoms with E-state index in [1.165, 1.54) is 0 Å². The van der Waals surface area contributed by atoms with E-state index in [1.54, 1.807) is 20.8 Å². The van der Waals surface area contributed by atoms with Gasteiger partial charge in [-0.1, -0.05) is 0 Å². The van der Waals surface area contributed by atoms with Gasteiger partial charge in [-0.3, -0.25) is 4.79 Å². The summed E-state index contributed by atoms with van der Waals surface area (Å²) in [5, 5.41) is 20.9. The normalized spacial score (nSPS) is 14.7. The molecule has 1 rings (SSSR count). The van der Waals surface area contributed by atoms with Gasteiger partial charge in [0, 0.05) is 11.8 Å². The molecule has 1 atom stereocenters. The molecule has 0 bridgehead atoms. The summed E-state index contributed by atoms with van der Waals surface area (Å²) < 4.78 is 42.8. The Kier molecular flexibility index (Phi) is 5.19. The standard InChI is InChI=1S/C15H18F3NO5/c1-13(2,3)24-11(21)9-6-5-8(7-10(9)20)19-12(22)14(4,23)15(16,17)18/h5-7,20,23H,1-4H3,(H,19,22). The molecule has 9 heteroatoms. The molecular formula is C15H18F3NO5. The van der Waals surface area contributed by atoms with Crippen LogP contribution in [-0.4, -0.2) is 39.5 Å². The second kappa shape index (κ2) is 6.31. The summed E-state index contributed by atoms with van der Waals surface area (Å²) in [5.41, 5.74) is -4.85. The van der Waals surface area contributed by atoms with Crippen molar-refractivity contribution >= 4 is 17.6 Å². The monoisotopic (exact) mass is 349 g/mol. The number of carbonyl (C=O) groups excluding carboxylic acids is 2. The van der Waals surface area contributed by atoms with E-state index in [1.807, 2.05) is 5.32 Å². The number of carbonyl (C=O) groups is 2. The lowest BCUT2D eigenvalue weighted by atomic mass is 10.1. The average molecular weight is 349 g/mol. The van der Waals surface area contributed by atoms with Crippen molar-refractivity contribution in [3.63, 3.8) is 0 Å². The number of anilines is 1. The summed E-state index contributed by atoms with van der Waals surface area (Å²) in [6, 6.07) is 3.06. The summed E-state index contributed by atoms with van der Waals surface area (Å²) in [6.07, 6.45) is -5.17. The van der Waals surface area contributed by atoms with Gasteiger partial charge in [-0.25, -0.2) is 4.79 Å². The van der Waals surface area contributed by atoms with Crippen LogP contribution in [0.3, 0.4) is 0 Å². The van der Waals surface area contributed by atoms with E-state index in [-0.39, 0.29) is 11.3 Å². The van der Waals surface area contributed by atoms with Gasteiger partial charge in [-0.05, 0) is 39.8 Å². The highest BCUT2D eigenvalue weighted by atomic mass is 19.4. The Morgan fingerprint density at radius 1 is 1.12 bits per heavy atom. The largest absolute Gasteiger partial charge is 0.507 e. The lowest BCUT2D eigenvalue weighted by molar-refractivity contribution is -0.242. The Balaban J connectivity index is 2.97. The van der Waals surface area contributed by atoms with E-state index in [0.29, 0.717) is 6.92 Å². The minimum atomic E-state index is -5.17. The molecule has 0 aliphatic carbocycles. The minimum absolute atomic E-state index is 0.217. The first kappa shape index (κ1) is 19.8. The topological polar surface area (TPSA) is 95.9 Å². The number of ether oxygens (including phenoxy) is 1. The highest BCUT2D eigenvalue weighted by Gasteiger charge is 2.55. The Labute approximate surface area is 136 Å². The van der Waals surface area contributed by atoms with Gasteiger partial charge < -0.3 is 20.3 Å². The van der Waals surface area contributed by atoms with E-state index >= 15 is 0 Å².